The third-order valence-corrected chi connectivity index (χ3v) is 4.97. The van der Waals surface area contributed by atoms with Gasteiger partial charge in [0.05, 0.1) is 6.61 Å². The second kappa shape index (κ2) is 8.13. The largest absolute Gasteiger partial charge is 0.381 e. The van der Waals surface area contributed by atoms with Gasteiger partial charge in [0.25, 0.3) is 0 Å². The Morgan fingerprint density at radius 3 is 3.05 bits per heavy atom. The molecule has 0 amide bonds. The molecule has 1 aliphatic rings. The molecule has 1 saturated heterocycles. The van der Waals surface area contributed by atoms with Gasteiger partial charge in [-0.1, -0.05) is 13.0 Å². The third-order valence-electron chi connectivity index (χ3n) is 4.04. The van der Waals surface area contributed by atoms with Crippen LogP contribution in [0.1, 0.15) is 24.6 Å². The molecule has 2 rings (SSSR count). The highest BCUT2D eigenvalue weighted by atomic mass is 32.1. The molecule has 4 heteroatoms. The van der Waals surface area contributed by atoms with E-state index < -0.39 is 0 Å². The van der Waals surface area contributed by atoms with Gasteiger partial charge in [0, 0.05) is 36.5 Å². The molecule has 1 fully saturated rings. The molecule has 1 N–H and O–H groups in total. The van der Waals surface area contributed by atoms with Crippen LogP contribution >= 0.6 is 11.3 Å². The van der Waals surface area contributed by atoms with Crippen LogP contribution in [0.3, 0.4) is 0 Å². The van der Waals surface area contributed by atoms with Crippen LogP contribution in [-0.2, 0) is 11.2 Å². The Hall–Kier alpha value is -0.420. The van der Waals surface area contributed by atoms with Gasteiger partial charge in [0.2, 0.25) is 0 Å². The molecule has 20 heavy (non-hydrogen) atoms. The Morgan fingerprint density at radius 1 is 1.50 bits per heavy atom. The van der Waals surface area contributed by atoms with Crippen molar-refractivity contribution in [1.82, 2.24) is 10.2 Å². The van der Waals surface area contributed by atoms with E-state index in [2.05, 4.69) is 41.7 Å². The first-order valence-electron chi connectivity index (χ1n) is 7.73. The van der Waals surface area contributed by atoms with Gasteiger partial charge < -0.3 is 15.0 Å². The maximum absolute atomic E-state index is 5.68. The molecule has 1 unspecified atom stereocenters. The molecule has 0 saturated carbocycles. The van der Waals surface area contributed by atoms with Crippen molar-refractivity contribution in [2.75, 3.05) is 46.4 Å². The molecule has 1 aliphatic heterocycles. The number of hydrogen-bond donors (Lipinski definition) is 1. The van der Waals surface area contributed by atoms with E-state index in [0.717, 1.165) is 45.8 Å². The van der Waals surface area contributed by atoms with Gasteiger partial charge in [0.1, 0.15) is 0 Å². The van der Waals surface area contributed by atoms with Crippen molar-refractivity contribution >= 4 is 11.3 Å². The van der Waals surface area contributed by atoms with Crippen LogP contribution in [0, 0.1) is 5.41 Å². The molecule has 1 atom stereocenters. The number of rotatable bonds is 9. The maximum atomic E-state index is 5.68. The van der Waals surface area contributed by atoms with Crippen molar-refractivity contribution < 1.29 is 4.74 Å². The zero-order valence-electron chi connectivity index (χ0n) is 12.9. The first-order valence-corrected chi connectivity index (χ1v) is 8.61. The zero-order chi connectivity index (χ0) is 14.3. The van der Waals surface area contributed by atoms with Crippen LogP contribution < -0.4 is 5.32 Å². The lowest BCUT2D eigenvalue weighted by Crippen LogP contribution is -2.44. The van der Waals surface area contributed by atoms with Crippen LogP contribution in [0.5, 0.6) is 0 Å². The summed E-state index contributed by atoms with van der Waals surface area (Å²) in [5.41, 5.74) is 0.319. The molecule has 3 nitrogen and oxygen atoms in total. The summed E-state index contributed by atoms with van der Waals surface area (Å²) in [7, 11) is 2.24. The summed E-state index contributed by atoms with van der Waals surface area (Å²) in [5, 5.41) is 5.75. The van der Waals surface area contributed by atoms with E-state index in [9.17, 15) is 0 Å². The summed E-state index contributed by atoms with van der Waals surface area (Å²) in [5.74, 6) is 0. The Kier molecular flexibility index (Phi) is 6.49. The smallest absolute Gasteiger partial charge is 0.0547 e. The van der Waals surface area contributed by atoms with Gasteiger partial charge in [-0.25, -0.2) is 0 Å². The van der Waals surface area contributed by atoms with Crippen LogP contribution in [0.2, 0.25) is 0 Å². The summed E-state index contributed by atoms with van der Waals surface area (Å²) in [6.07, 6.45) is 3.55. The molecule has 1 aromatic rings. The second-order valence-electron chi connectivity index (χ2n) is 6.05. The van der Waals surface area contributed by atoms with E-state index in [1.165, 1.54) is 17.7 Å². The molecule has 0 bridgehead atoms. The SMILES string of the molecule is CCCNCC1(CN(C)CCc2cccs2)CCOC1. The van der Waals surface area contributed by atoms with Crippen LogP contribution in [0.4, 0.5) is 0 Å². The topological polar surface area (TPSA) is 24.5 Å². The summed E-state index contributed by atoms with van der Waals surface area (Å²) >= 11 is 1.86. The fourth-order valence-corrected chi connectivity index (χ4v) is 3.61. The summed E-state index contributed by atoms with van der Waals surface area (Å²) in [4.78, 5) is 3.96. The minimum Gasteiger partial charge on any atom is -0.381 e. The van der Waals surface area contributed by atoms with E-state index in [4.69, 9.17) is 4.74 Å². The molecule has 1 aromatic heterocycles. The van der Waals surface area contributed by atoms with E-state index in [1.54, 1.807) is 0 Å². The van der Waals surface area contributed by atoms with Crippen LogP contribution in [-0.4, -0.2) is 51.3 Å². The summed E-state index contributed by atoms with van der Waals surface area (Å²) in [6.45, 7) is 8.52. The fraction of sp³-hybridized carbons (Fsp3) is 0.750. The average molecular weight is 296 g/mol. The number of ether oxygens (including phenoxy) is 1. The molecule has 0 radical (unpaired) electrons. The van der Waals surface area contributed by atoms with Crippen LogP contribution in [0.25, 0.3) is 0 Å². The molecule has 2 heterocycles. The highest BCUT2D eigenvalue weighted by Crippen LogP contribution is 2.29. The number of nitrogens with one attached hydrogen (secondary N) is 1. The molecule has 0 spiro atoms. The standard InChI is InChI=1S/C16H28N2OS/c1-3-8-17-12-16(7-10-19-14-16)13-18(2)9-6-15-5-4-11-20-15/h4-5,11,17H,3,6-10,12-14H2,1-2H3. The van der Waals surface area contributed by atoms with E-state index in [-0.39, 0.29) is 0 Å². The molecule has 114 valence electrons. The zero-order valence-corrected chi connectivity index (χ0v) is 13.7. The van der Waals surface area contributed by atoms with Gasteiger partial charge in [0.15, 0.2) is 0 Å². The minimum atomic E-state index is 0.319. The Labute approximate surface area is 127 Å². The quantitative estimate of drug-likeness (QED) is 0.709. The monoisotopic (exact) mass is 296 g/mol. The van der Waals surface area contributed by atoms with E-state index >= 15 is 0 Å². The van der Waals surface area contributed by atoms with Crippen molar-refractivity contribution in [2.24, 2.45) is 5.41 Å². The maximum Gasteiger partial charge on any atom is 0.0547 e. The number of likely N-dealkylation sites (N-methyl/N-ethyl adjacent to an activating group) is 1. The Bertz CT molecular complexity index is 361. The minimum absolute atomic E-state index is 0.319. The second-order valence-corrected chi connectivity index (χ2v) is 7.08. The number of thiophene rings is 1. The summed E-state index contributed by atoms with van der Waals surface area (Å²) in [6, 6.07) is 4.37. The first-order chi connectivity index (χ1) is 9.74. The predicted octanol–water partition coefficient (Wildman–Crippen LogP) is 2.63. The molecular formula is C16H28N2OS. The lowest BCUT2D eigenvalue weighted by atomic mass is 9.86. The van der Waals surface area contributed by atoms with Crippen molar-refractivity contribution in [2.45, 2.75) is 26.2 Å². The van der Waals surface area contributed by atoms with Gasteiger partial charge >= 0.3 is 0 Å². The van der Waals surface area contributed by atoms with Gasteiger partial charge in [-0.15, -0.1) is 11.3 Å². The molecule has 0 aliphatic carbocycles. The third kappa shape index (κ3) is 4.85. The average Bonchev–Trinajstić information content (AvgIpc) is 3.09. The number of nitrogens with zero attached hydrogens (tertiary/aromatic N) is 1. The lowest BCUT2D eigenvalue weighted by molar-refractivity contribution is 0.119. The normalized spacial score (nSPS) is 22.8. The fourth-order valence-electron chi connectivity index (χ4n) is 2.91. The van der Waals surface area contributed by atoms with Gasteiger partial charge in [-0.3, -0.25) is 0 Å². The predicted molar refractivity (Wildman–Crippen MR) is 86.5 cm³/mol. The molecule has 0 aromatic carbocycles. The van der Waals surface area contributed by atoms with Crippen molar-refractivity contribution in [3.05, 3.63) is 22.4 Å². The first kappa shape index (κ1) is 16.0. The summed E-state index contributed by atoms with van der Waals surface area (Å²) < 4.78 is 5.68. The lowest BCUT2D eigenvalue weighted by Gasteiger charge is -2.32. The van der Waals surface area contributed by atoms with Gasteiger partial charge in [-0.05, 0) is 44.3 Å². The highest BCUT2D eigenvalue weighted by Gasteiger charge is 2.35. The van der Waals surface area contributed by atoms with E-state index in [0.29, 0.717) is 5.41 Å². The van der Waals surface area contributed by atoms with E-state index in [1.807, 2.05) is 11.3 Å². The van der Waals surface area contributed by atoms with Gasteiger partial charge in [-0.2, -0.15) is 0 Å². The number of hydrogen-bond acceptors (Lipinski definition) is 4. The Morgan fingerprint density at radius 2 is 2.40 bits per heavy atom. The highest BCUT2D eigenvalue weighted by molar-refractivity contribution is 7.09. The van der Waals surface area contributed by atoms with Crippen molar-refractivity contribution in [1.29, 1.82) is 0 Å². The Balaban J connectivity index is 1.77. The molecular weight excluding hydrogens is 268 g/mol. The van der Waals surface area contributed by atoms with Crippen LogP contribution in [0.15, 0.2) is 17.5 Å². The van der Waals surface area contributed by atoms with Crippen molar-refractivity contribution in [3.63, 3.8) is 0 Å². The van der Waals surface area contributed by atoms with Crippen molar-refractivity contribution in [3.8, 4) is 0 Å².